The zero-order chi connectivity index (χ0) is 17.7. The van der Waals surface area contributed by atoms with Crippen LogP contribution < -0.4 is 10.6 Å². The molecule has 1 unspecified atom stereocenters. The fourth-order valence-electron chi connectivity index (χ4n) is 3.15. The van der Waals surface area contributed by atoms with Crippen molar-refractivity contribution in [1.82, 2.24) is 10.6 Å². The van der Waals surface area contributed by atoms with Crippen molar-refractivity contribution in [2.75, 3.05) is 0 Å². The normalized spacial score (nSPS) is 22.7. The Hall–Kier alpha value is -1.62. The summed E-state index contributed by atoms with van der Waals surface area (Å²) in [5, 5.41) is 6.45. The van der Waals surface area contributed by atoms with Gasteiger partial charge in [-0.05, 0) is 59.4 Å². The van der Waals surface area contributed by atoms with Gasteiger partial charge in [0.2, 0.25) is 0 Å². The first-order valence-corrected chi connectivity index (χ1v) is 8.74. The van der Waals surface area contributed by atoms with Crippen molar-refractivity contribution in [1.29, 1.82) is 0 Å². The molecule has 0 saturated heterocycles. The van der Waals surface area contributed by atoms with Gasteiger partial charge in [0.1, 0.15) is 11.4 Å². The lowest BCUT2D eigenvalue weighted by atomic mass is 9.90. The standard InChI is InChI=1S/C19H29FN2O2/c1-13(16-7-5-6-8-17(16)20)21-14-9-11-15(12-10-14)22-18(23)24-19(2,3)4/h5-8,13-15,21H,9-12H2,1-4H3,(H,22,23). The molecule has 0 bridgehead atoms. The number of alkyl carbamates (subject to hydrolysis) is 1. The third-order valence-corrected chi connectivity index (χ3v) is 4.31. The molecule has 1 fully saturated rings. The first-order chi connectivity index (χ1) is 11.2. The summed E-state index contributed by atoms with van der Waals surface area (Å²) in [5.41, 5.74) is 0.226. The Morgan fingerprint density at radius 2 is 1.75 bits per heavy atom. The number of carbonyl (C=O) groups is 1. The van der Waals surface area contributed by atoms with Crippen LogP contribution in [0.25, 0.3) is 0 Å². The van der Waals surface area contributed by atoms with Gasteiger partial charge in [0.05, 0.1) is 0 Å². The fourth-order valence-corrected chi connectivity index (χ4v) is 3.15. The number of halogens is 1. The van der Waals surface area contributed by atoms with Crippen LogP contribution in [0.15, 0.2) is 24.3 Å². The Kier molecular flexibility index (Phi) is 6.21. The maximum absolute atomic E-state index is 13.8. The number of amides is 1. The van der Waals surface area contributed by atoms with Gasteiger partial charge in [-0.3, -0.25) is 0 Å². The summed E-state index contributed by atoms with van der Waals surface area (Å²) >= 11 is 0. The largest absolute Gasteiger partial charge is 0.444 e. The van der Waals surface area contributed by atoms with E-state index in [1.807, 2.05) is 39.8 Å². The van der Waals surface area contributed by atoms with Crippen molar-refractivity contribution >= 4 is 6.09 Å². The van der Waals surface area contributed by atoms with Gasteiger partial charge in [0.15, 0.2) is 0 Å². The minimum atomic E-state index is -0.474. The van der Waals surface area contributed by atoms with Gasteiger partial charge in [0, 0.05) is 23.7 Å². The van der Waals surface area contributed by atoms with E-state index in [2.05, 4.69) is 10.6 Å². The first kappa shape index (κ1) is 18.7. The molecular formula is C19H29FN2O2. The monoisotopic (exact) mass is 336 g/mol. The molecule has 0 aliphatic heterocycles. The second-order valence-electron chi connectivity index (χ2n) is 7.60. The van der Waals surface area contributed by atoms with Crippen molar-refractivity contribution in [3.8, 4) is 0 Å². The summed E-state index contributed by atoms with van der Waals surface area (Å²) in [6.07, 6.45) is 3.37. The number of nitrogens with one attached hydrogen (secondary N) is 2. The molecule has 5 heteroatoms. The number of ether oxygens (including phenoxy) is 1. The van der Waals surface area contributed by atoms with Gasteiger partial charge < -0.3 is 15.4 Å². The van der Waals surface area contributed by atoms with Gasteiger partial charge >= 0.3 is 6.09 Å². The minimum absolute atomic E-state index is 0.0217. The quantitative estimate of drug-likeness (QED) is 0.861. The molecule has 1 aromatic carbocycles. The summed E-state index contributed by atoms with van der Waals surface area (Å²) in [6.45, 7) is 7.57. The highest BCUT2D eigenvalue weighted by Gasteiger charge is 2.25. The predicted molar refractivity (Wildman–Crippen MR) is 93.4 cm³/mol. The van der Waals surface area contributed by atoms with E-state index in [1.165, 1.54) is 6.07 Å². The lowest BCUT2D eigenvalue weighted by Crippen LogP contribution is -2.44. The van der Waals surface area contributed by atoms with E-state index in [0.29, 0.717) is 11.6 Å². The first-order valence-electron chi connectivity index (χ1n) is 8.74. The molecule has 1 aromatic rings. The van der Waals surface area contributed by atoms with Crippen LogP contribution in [-0.4, -0.2) is 23.8 Å². The minimum Gasteiger partial charge on any atom is -0.444 e. The maximum atomic E-state index is 13.8. The molecule has 0 spiro atoms. The van der Waals surface area contributed by atoms with E-state index in [0.717, 1.165) is 25.7 Å². The van der Waals surface area contributed by atoms with Gasteiger partial charge in [0.25, 0.3) is 0 Å². The molecule has 2 rings (SSSR count). The number of hydrogen-bond acceptors (Lipinski definition) is 3. The van der Waals surface area contributed by atoms with E-state index >= 15 is 0 Å². The average molecular weight is 336 g/mol. The highest BCUT2D eigenvalue weighted by atomic mass is 19.1. The molecule has 134 valence electrons. The molecule has 1 aliphatic rings. The van der Waals surface area contributed by atoms with Crippen LogP contribution in [0, 0.1) is 5.82 Å². The van der Waals surface area contributed by atoms with Crippen molar-refractivity contribution < 1.29 is 13.9 Å². The van der Waals surface area contributed by atoms with Crippen molar-refractivity contribution in [2.24, 2.45) is 0 Å². The van der Waals surface area contributed by atoms with E-state index in [-0.39, 0.29) is 24.0 Å². The van der Waals surface area contributed by atoms with Crippen LogP contribution in [-0.2, 0) is 4.74 Å². The second-order valence-corrected chi connectivity index (χ2v) is 7.60. The zero-order valence-electron chi connectivity index (χ0n) is 15.1. The molecule has 0 heterocycles. The lowest BCUT2D eigenvalue weighted by Gasteiger charge is -2.32. The van der Waals surface area contributed by atoms with Crippen LogP contribution in [0.1, 0.15) is 65.0 Å². The van der Waals surface area contributed by atoms with Gasteiger partial charge in [-0.15, -0.1) is 0 Å². The summed E-state index contributed by atoms with van der Waals surface area (Å²) in [4.78, 5) is 11.8. The molecule has 24 heavy (non-hydrogen) atoms. The van der Waals surface area contributed by atoms with Gasteiger partial charge in [-0.2, -0.15) is 0 Å². The molecule has 1 aliphatic carbocycles. The number of rotatable bonds is 4. The summed E-state index contributed by atoms with van der Waals surface area (Å²) < 4.78 is 19.1. The van der Waals surface area contributed by atoms with Crippen LogP contribution in [0.4, 0.5) is 9.18 Å². The van der Waals surface area contributed by atoms with Crippen molar-refractivity contribution in [3.05, 3.63) is 35.6 Å². The lowest BCUT2D eigenvalue weighted by molar-refractivity contribution is 0.0489. The number of hydrogen-bond donors (Lipinski definition) is 2. The fraction of sp³-hybridized carbons (Fsp3) is 0.632. The summed E-state index contributed by atoms with van der Waals surface area (Å²) in [6, 6.07) is 7.36. The zero-order valence-corrected chi connectivity index (χ0v) is 15.1. The summed E-state index contributed by atoms with van der Waals surface area (Å²) in [7, 11) is 0. The Morgan fingerprint density at radius 1 is 1.17 bits per heavy atom. The van der Waals surface area contributed by atoms with Crippen LogP contribution >= 0.6 is 0 Å². The molecule has 1 amide bonds. The van der Waals surface area contributed by atoms with Crippen LogP contribution in [0.3, 0.4) is 0 Å². The molecule has 1 saturated carbocycles. The Morgan fingerprint density at radius 3 is 2.33 bits per heavy atom. The molecule has 0 radical (unpaired) electrons. The van der Waals surface area contributed by atoms with E-state index in [9.17, 15) is 9.18 Å². The number of benzene rings is 1. The smallest absolute Gasteiger partial charge is 0.407 e. The Bertz CT molecular complexity index is 549. The molecule has 1 atom stereocenters. The van der Waals surface area contributed by atoms with Crippen molar-refractivity contribution in [2.45, 2.75) is 77.1 Å². The topological polar surface area (TPSA) is 50.4 Å². The third kappa shape index (κ3) is 5.78. The Balaban J connectivity index is 1.77. The molecule has 0 aromatic heterocycles. The van der Waals surface area contributed by atoms with Gasteiger partial charge in [-0.1, -0.05) is 18.2 Å². The van der Waals surface area contributed by atoms with Gasteiger partial charge in [-0.25, -0.2) is 9.18 Å². The maximum Gasteiger partial charge on any atom is 0.407 e. The predicted octanol–water partition coefficient (Wildman–Crippen LogP) is 4.31. The highest BCUT2D eigenvalue weighted by Crippen LogP contribution is 2.23. The van der Waals surface area contributed by atoms with Crippen LogP contribution in [0.5, 0.6) is 0 Å². The second kappa shape index (κ2) is 7.97. The van der Waals surface area contributed by atoms with Crippen LogP contribution in [0.2, 0.25) is 0 Å². The SMILES string of the molecule is CC(NC1CCC(NC(=O)OC(C)(C)C)CC1)c1ccccc1F. The molecule has 2 N–H and O–H groups in total. The Labute approximate surface area is 144 Å². The van der Waals surface area contributed by atoms with E-state index in [1.54, 1.807) is 6.07 Å². The molecule has 4 nitrogen and oxygen atoms in total. The summed E-state index contributed by atoms with van der Waals surface area (Å²) in [5.74, 6) is -0.169. The molecular weight excluding hydrogens is 307 g/mol. The average Bonchev–Trinajstić information content (AvgIpc) is 2.47. The van der Waals surface area contributed by atoms with E-state index < -0.39 is 5.60 Å². The number of carbonyl (C=O) groups excluding carboxylic acids is 1. The highest BCUT2D eigenvalue weighted by molar-refractivity contribution is 5.68. The van der Waals surface area contributed by atoms with Crippen molar-refractivity contribution in [3.63, 3.8) is 0 Å². The third-order valence-electron chi connectivity index (χ3n) is 4.31. The van der Waals surface area contributed by atoms with E-state index in [4.69, 9.17) is 4.74 Å².